The molecule has 0 spiro atoms. The lowest BCUT2D eigenvalue weighted by molar-refractivity contribution is -0.134. The van der Waals surface area contributed by atoms with Gasteiger partial charge in [0.1, 0.15) is 5.69 Å². The molecule has 2 heterocycles. The van der Waals surface area contributed by atoms with Crippen LogP contribution in [0.4, 0.5) is 0 Å². The van der Waals surface area contributed by atoms with E-state index in [2.05, 4.69) is 11.9 Å². The van der Waals surface area contributed by atoms with E-state index in [4.69, 9.17) is 0 Å². The van der Waals surface area contributed by atoms with E-state index in [0.29, 0.717) is 24.0 Å². The van der Waals surface area contributed by atoms with Crippen molar-refractivity contribution in [3.05, 3.63) is 16.1 Å². The lowest BCUT2D eigenvalue weighted by atomic mass is 9.88. The van der Waals surface area contributed by atoms with Gasteiger partial charge in [0, 0.05) is 38.5 Å². The Bertz CT molecular complexity index is 600. The van der Waals surface area contributed by atoms with Crippen molar-refractivity contribution in [2.45, 2.75) is 45.1 Å². The van der Waals surface area contributed by atoms with Crippen molar-refractivity contribution in [3.8, 4) is 0 Å². The fourth-order valence-corrected chi connectivity index (χ4v) is 4.76. The molecule has 5 nitrogen and oxygen atoms in total. The summed E-state index contributed by atoms with van der Waals surface area (Å²) in [5.74, 6) is 1.23. The zero-order chi connectivity index (χ0) is 16.6. The number of hydrogen-bond acceptors (Lipinski definition) is 4. The Morgan fingerprint density at radius 2 is 2.17 bits per heavy atom. The second-order valence-corrected chi connectivity index (χ2v) is 7.86. The number of thiazole rings is 1. The molecule has 3 atom stereocenters. The predicted molar refractivity (Wildman–Crippen MR) is 90.5 cm³/mol. The highest BCUT2D eigenvalue weighted by atomic mass is 32.1. The standard InChI is InChI=1S/C17H25N3O2S/c1-4-5-15-18-14(10-23-15)17(22)20(3)13-6-11-8-16(21)19(2)9-12(11)7-13/h10-13H,4-9H2,1-3H3/t11-,12+,13-/m0/s1. The second kappa shape index (κ2) is 6.59. The summed E-state index contributed by atoms with van der Waals surface area (Å²) in [4.78, 5) is 32.7. The lowest BCUT2D eigenvalue weighted by Gasteiger charge is -2.31. The largest absolute Gasteiger partial charge is 0.345 e. The number of piperidine rings is 1. The molecule has 1 saturated heterocycles. The molecular formula is C17H25N3O2S. The van der Waals surface area contributed by atoms with Gasteiger partial charge in [-0.1, -0.05) is 6.92 Å². The molecule has 0 aromatic carbocycles. The first-order valence-corrected chi connectivity index (χ1v) is 9.33. The van der Waals surface area contributed by atoms with Gasteiger partial charge in [0.05, 0.1) is 5.01 Å². The molecule has 1 aliphatic heterocycles. The molecule has 0 radical (unpaired) electrons. The summed E-state index contributed by atoms with van der Waals surface area (Å²) >= 11 is 1.57. The number of hydrogen-bond donors (Lipinski definition) is 0. The molecule has 1 aliphatic carbocycles. The van der Waals surface area contributed by atoms with Crippen LogP contribution in [-0.4, -0.2) is 53.3 Å². The topological polar surface area (TPSA) is 53.5 Å². The molecule has 1 aromatic rings. The average molecular weight is 335 g/mol. The van der Waals surface area contributed by atoms with Gasteiger partial charge in [-0.15, -0.1) is 11.3 Å². The van der Waals surface area contributed by atoms with Crippen LogP contribution in [0, 0.1) is 11.8 Å². The molecule has 0 bridgehead atoms. The summed E-state index contributed by atoms with van der Waals surface area (Å²) in [6.45, 7) is 2.95. The van der Waals surface area contributed by atoms with Crippen LogP contribution in [0.15, 0.2) is 5.38 Å². The number of amides is 2. The SMILES string of the molecule is CCCc1nc(C(=O)N(C)[C@H]2C[C@H]3CC(=O)N(C)C[C@H]3C2)cs1. The summed E-state index contributed by atoms with van der Waals surface area (Å²) in [6.07, 6.45) is 4.56. The molecule has 1 saturated carbocycles. The fourth-order valence-electron chi connectivity index (χ4n) is 3.89. The Morgan fingerprint density at radius 3 is 2.91 bits per heavy atom. The Hall–Kier alpha value is -1.43. The average Bonchev–Trinajstić information content (AvgIpc) is 3.13. The van der Waals surface area contributed by atoms with E-state index in [1.54, 1.807) is 11.3 Å². The van der Waals surface area contributed by atoms with Gasteiger partial charge in [0.25, 0.3) is 5.91 Å². The zero-order valence-electron chi connectivity index (χ0n) is 14.1. The smallest absolute Gasteiger partial charge is 0.273 e. The van der Waals surface area contributed by atoms with Gasteiger partial charge < -0.3 is 9.80 Å². The van der Waals surface area contributed by atoms with Gasteiger partial charge in [-0.3, -0.25) is 9.59 Å². The molecule has 2 fully saturated rings. The maximum absolute atomic E-state index is 12.7. The van der Waals surface area contributed by atoms with Crippen LogP contribution in [0.25, 0.3) is 0 Å². The highest BCUT2D eigenvalue weighted by Gasteiger charge is 2.42. The van der Waals surface area contributed by atoms with E-state index in [0.717, 1.165) is 37.2 Å². The van der Waals surface area contributed by atoms with Crippen molar-refractivity contribution in [3.63, 3.8) is 0 Å². The van der Waals surface area contributed by atoms with E-state index in [1.165, 1.54) is 0 Å². The number of rotatable bonds is 4. The summed E-state index contributed by atoms with van der Waals surface area (Å²) in [5.41, 5.74) is 0.573. The molecule has 0 N–H and O–H groups in total. The highest BCUT2D eigenvalue weighted by molar-refractivity contribution is 7.09. The molecular weight excluding hydrogens is 310 g/mol. The summed E-state index contributed by atoms with van der Waals surface area (Å²) < 4.78 is 0. The van der Waals surface area contributed by atoms with E-state index in [9.17, 15) is 9.59 Å². The number of aromatic nitrogens is 1. The first-order valence-electron chi connectivity index (χ1n) is 8.45. The van der Waals surface area contributed by atoms with Crippen molar-refractivity contribution in [1.29, 1.82) is 0 Å². The van der Waals surface area contributed by atoms with Crippen LogP contribution >= 0.6 is 11.3 Å². The van der Waals surface area contributed by atoms with Gasteiger partial charge in [0.2, 0.25) is 5.91 Å². The normalized spacial score (nSPS) is 27.2. The molecule has 23 heavy (non-hydrogen) atoms. The minimum atomic E-state index is 0.0203. The molecule has 1 aromatic heterocycles. The van der Waals surface area contributed by atoms with Crippen LogP contribution in [0.1, 0.15) is 48.1 Å². The Labute approximate surface area is 141 Å². The van der Waals surface area contributed by atoms with Crippen molar-refractivity contribution < 1.29 is 9.59 Å². The minimum Gasteiger partial charge on any atom is -0.345 e. The van der Waals surface area contributed by atoms with Crippen LogP contribution in [0.3, 0.4) is 0 Å². The van der Waals surface area contributed by atoms with Gasteiger partial charge in [-0.25, -0.2) is 4.98 Å². The van der Waals surface area contributed by atoms with E-state index in [1.807, 2.05) is 29.3 Å². The van der Waals surface area contributed by atoms with Crippen LogP contribution in [0.5, 0.6) is 0 Å². The Kier molecular flexibility index (Phi) is 4.71. The van der Waals surface area contributed by atoms with E-state index < -0.39 is 0 Å². The Morgan fingerprint density at radius 1 is 1.43 bits per heavy atom. The molecule has 2 aliphatic rings. The molecule has 3 rings (SSSR count). The number of aryl methyl sites for hydroxylation is 1. The zero-order valence-corrected chi connectivity index (χ0v) is 14.9. The van der Waals surface area contributed by atoms with Crippen LogP contribution in [0.2, 0.25) is 0 Å². The molecule has 6 heteroatoms. The van der Waals surface area contributed by atoms with Gasteiger partial charge in [0.15, 0.2) is 0 Å². The maximum atomic E-state index is 12.7. The number of carbonyl (C=O) groups excluding carboxylic acids is 2. The third kappa shape index (κ3) is 3.27. The molecule has 0 unspecified atom stereocenters. The molecule has 2 amide bonds. The maximum Gasteiger partial charge on any atom is 0.273 e. The summed E-state index contributed by atoms with van der Waals surface area (Å²) in [7, 11) is 3.76. The van der Waals surface area contributed by atoms with Crippen molar-refractivity contribution in [1.82, 2.24) is 14.8 Å². The highest BCUT2D eigenvalue weighted by Crippen LogP contribution is 2.40. The van der Waals surface area contributed by atoms with Crippen LogP contribution in [-0.2, 0) is 11.2 Å². The van der Waals surface area contributed by atoms with Crippen LogP contribution < -0.4 is 0 Å². The number of nitrogens with zero attached hydrogens (tertiary/aromatic N) is 3. The lowest BCUT2D eigenvalue weighted by Crippen LogP contribution is -2.40. The van der Waals surface area contributed by atoms with Crippen molar-refractivity contribution in [2.24, 2.45) is 11.8 Å². The first-order chi connectivity index (χ1) is 11.0. The van der Waals surface area contributed by atoms with Crippen molar-refractivity contribution >= 4 is 23.2 Å². The third-order valence-electron chi connectivity index (χ3n) is 5.29. The number of likely N-dealkylation sites (tertiary alicyclic amines) is 1. The third-order valence-corrected chi connectivity index (χ3v) is 6.20. The van der Waals surface area contributed by atoms with Gasteiger partial charge in [-0.2, -0.15) is 0 Å². The number of carbonyl (C=O) groups is 2. The first kappa shape index (κ1) is 16.4. The minimum absolute atomic E-state index is 0.0203. The fraction of sp³-hybridized carbons (Fsp3) is 0.706. The van der Waals surface area contributed by atoms with Gasteiger partial charge >= 0.3 is 0 Å². The summed E-state index contributed by atoms with van der Waals surface area (Å²) in [5, 5.41) is 2.92. The van der Waals surface area contributed by atoms with E-state index in [-0.39, 0.29) is 17.9 Å². The quantitative estimate of drug-likeness (QED) is 0.849. The Balaban J connectivity index is 1.65. The second-order valence-electron chi connectivity index (χ2n) is 6.92. The van der Waals surface area contributed by atoms with Gasteiger partial charge in [-0.05, 0) is 37.5 Å². The number of fused-ring (bicyclic) bond motifs is 1. The van der Waals surface area contributed by atoms with E-state index >= 15 is 0 Å². The predicted octanol–water partition coefficient (Wildman–Crippen LogP) is 2.42. The summed E-state index contributed by atoms with van der Waals surface area (Å²) in [6, 6.07) is 0.230. The van der Waals surface area contributed by atoms with Crippen molar-refractivity contribution in [2.75, 3.05) is 20.6 Å². The molecule has 126 valence electrons. The monoisotopic (exact) mass is 335 g/mol.